The molecular weight excluding hydrogens is 306 g/mol. The van der Waals surface area contributed by atoms with Crippen LogP contribution in [0, 0.1) is 0 Å². The number of para-hydroxylation sites is 1. The molecule has 24 heavy (non-hydrogen) atoms. The SMILES string of the molecule is CCCCOc1ccc(C(=O)Nc2cccc(C(C)=O)c2O)cc1. The van der Waals surface area contributed by atoms with Crippen molar-refractivity contribution in [2.45, 2.75) is 26.7 Å². The zero-order valence-corrected chi connectivity index (χ0v) is 13.8. The number of Topliss-reactive ketones (excluding diaryl/α,β-unsaturated/α-hetero) is 1. The number of hydrogen-bond acceptors (Lipinski definition) is 4. The summed E-state index contributed by atoms with van der Waals surface area (Å²) in [5.41, 5.74) is 0.814. The number of amides is 1. The summed E-state index contributed by atoms with van der Waals surface area (Å²) in [7, 11) is 0. The van der Waals surface area contributed by atoms with Gasteiger partial charge in [-0.2, -0.15) is 0 Å². The van der Waals surface area contributed by atoms with Crippen LogP contribution in [0.25, 0.3) is 0 Å². The van der Waals surface area contributed by atoms with Crippen LogP contribution in [-0.2, 0) is 0 Å². The molecule has 0 heterocycles. The van der Waals surface area contributed by atoms with E-state index >= 15 is 0 Å². The number of carbonyl (C=O) groups is 2. The molecule has 0 aliphatic heterocycles. The summed E-state index contributed by atoms with van der Waals surface area (Å²) in [4.78, 5) is 23.7. The molecule has 0 saturated heterocycles. The number of ether oxygens (including phenoxy) is 1. The Labute approximate surface area is 141 Å². The molecule has 2 aromatic rings. The van der Waals surface area contributed by atoms with Crippen LogP contribution in [0.5, 0.6) is 11.5 Å². The van der Waals surface area contributed by atoms with Crippen molar-refractivity contribution in [3.05, 3.63) is 53.6 Å². The second-order valence-corrected chi connectivity index (χ2v) is 5.44. The van der Waals surface area contributed by atoms with E-state index in [1.54, 1.807) is 36.4 Å². The third-order valence-electron chi connectivity index (χ3n) is 3.55. The van der Waals surface area contributed by atoms with Crippen LogP contribution < -0.4 is 10.1 Å². The van der Waals surface area contributed by atoms with Gasteiger partial charge in [0.25, 0.3) is 5.91 Å². The number of anilines is 1. The van der Waals surface area contributed by atoms with Gasteiger partial charge in [0, 0.05) is 5.56 Å². The lowest BCUT2D eigenvalue weighted by Crippen LogP contribution is -2.12. The minimum atomic E-state index is -0.369. The van der Waals surface area contributed by atoms with Crippen molar-refractivity contribution < 1.29 is 19.4 Å². The molecule has 0 saturated carbocycles. The van der Waals surface area contributed by atoms with Crippen molar-refractivity contribution in [1.29, 1.82) is 0 Å². The van der Waals surface area contributed by atoms with Crippen LogP contribution in [0.1, 0.15) is 47.4 Å². The zero-order valence-electron chi connectivity index (χ0n) is 13.8. The van der Waals surface area contributed by atoms with E-state index in [9.17, 15) is 14.7 Å². The van der Waals surface area contributed by atoms with Crippen molar-refractivity contribution in [1.82, 2.24) is 0 Å². The molecule has 5 nitrogen and oxygen atoms in total. The lowest BCUT2D eigenvalue weighted by molar-refractivity contribution is 0.100. The highest BCUT2D eigenvalue weighted by Gasteiger charge is 2.13. The van der Waals surface area contributed by atoms with E-state index in [4.69, 9.17) is 4.74 Å². The number of phenols is 1. The molecule has 1 amide bonds. The Kier molecular flexibility index (Phi) is 5.95. The number of carbonyl (C=O) groups excluding carboxylic acids is 2. The summed E-state index contributed by atoms with van der Waals surface area (Å²) in [6, 6.07) is 11.4. The summed E-state index contributed by atoms with van der Waals surface area (Å²) in [5.74, 6) is -0.150. The molecule has 2 rings (SSSR count). The molecule has 2 N–H and O–H groups in total. The van der Waals surface area contributed by atoms with E-state index in [2.05, 4.69) is 12.2 Å². The highest BCUT2D eigenvalue weighted by molar-refractivity contribution is 6.07. The number of ketones is 1. The van der Waals surface area contributed by atoms with Crippen LogP contribution in [0.15, 0.2) is 42.5 Å². The minimum absolute atomic E-state index is 0.174. The number of unbranched alkanes of at least 4 members (excludes halogenated alkanes) is 1. The Bertz CT molecular complexity index is 723. The molecule has 0 atom stereocenters. The fourth-order valence-electron chi connectivity index (χ4n) is 2.16. The maximum atomic E-state index is 12.3. The minimum Gasteiger partial charge on any atom is -0.505 e. The van der Waals surface area contributed by atoms with E-state index in [0.717, 1.165) is 12.8 Å². The van der Waals surface area contributed by atoms with Gasteiger partial charge in [-0.25, -0.2) is 0 Å². The van der Waals surface area contributed by atoms with E-state index in [0.29, 0.717) is 17.9 Å². The number of hydrogen-bond donors (Lipinski definition) is 2. The van der Waals surface area contributed by atoms with Crippen LogP contribution in [-0.4, -0.2) is 23.4 Å². The Morgan fingerprint density at radius 2 is 1.83 bits per heavy atom. The number of nitrogens with one attached hydrogen (secondary N) is 1. The number of rotatable bonds is 7. The lowest BCUT2D eigenvalue weighted by atomic mass is 10.1. The van der Waals surface area contributed by atoms with Gasteiger partial charge in [0.15, 0.2) is 5.78 Å². The van der Waals surface area contributed by atoms with Gasteiger partial charge in [0.1, 0.15) is 11.5 Å². The molecule has 0 aliphatic carbocycles. The molecular formula is C19H21NO4. The van der Waals surface area contributed by atoms with Crippen molar-refractivity contribution in [3.8, 4) is 11.5 Å². The molecule has 0 unspecified atom stereocenters. The highest BCUT2D eigenvalue weighted by atomic mass is 16.5. The van der Waals surface area contributed by atoms with Crippen LogP contribution in [0.4, 0.5) is 5.69 Å². The average molecular weight is 327 g/mol. The average Bonchev–Trinajstić information content (AvgIpc) is 2.57. The molecule has 0 fully saturated rings. The third kappa shape index (κ3) is 4.35. The monoisotopic (exact) mass is 327 g/mol. The summed E-state index contributed by atoms with van der Waals surface area (Å²) >= 11 is 0. The van der Waals surface area contributed by atoms with E-state index in [-0.39, 0.29) is 28.7 Å². The summed E-state index contributed by atoms with van der Waals surface area (Å²) in [6.07, 6.45) is 2.04. The number of phenolic OH excluding ortho intramolecular Hbond substituents is 1. The first kappa shape index (κ1) is 17.5. The maximum Gasteiger partial charge on any atom is 0.255 e. The normalized spacial score (nSPS) is 10.2. The quantitative estimate of drug-likeness (QED) is 0.457. The fraction of sp³-hybridized carbons (Fsp3) is 0.263. The third-order valence-corrected chi connectivity index (χ3v) is 3.55. The van der Waals surface area contributed by atoms with Crippen molar-refractivity contribution >= 4 is 17.4 Å². The Hall–Kier alpha value is -2.82. The van der Waals surface area contributed by atoms with Crippen LogP contribution >= 0.6 is 0 Å². The van der Waals surface area contributed by atoms with Gasteiger partial charge in [-0.05, 0) is 49.7 Å². The standard InChI is InChI=1S/C19H21NO4/c1-3-4-12-24-15-10-8-14(9-11-15)19(23)20-17-7-5-6-16(13(2)21)18(17)22/h5-11,22H,3-4,12H2,1-2H3,(H,20,23). The lowest BCUT2D eigenvalue weighted by Gasteiger charge is -2.10. The second-order valence-electron chi connectivity index (χ2n) is 5.44. The van der Waals surface area contributed by atoms with Gasteiger partial charge in [-0.15, -0.1) is 0 Å². The molecule has 0 aliphatic rings. The van der Waals surface area contributed by atoms with Gasteiger partial charge < -0.3 is 15.2 Å². The molecule has 0 spiro atoms. The van der Waals surface area contributed by atoms with Crippen molar-refractivity contribution in [2.75, 3.05) is 11.9 Å². The maximum absolute atomic E-state index is 12.3. The first-order valence-corrected chi connectivity index (χ1v) is 7.90. The summed E-state index contributed by atoms with van der Waals surface area (Å²) < 4.78 is 5.55. The van der Waals surface area contributed by atoms with Gasteiger partial charge in [-0.3, -0.25) is 9.59 Å². The van der Waals surface area contributed by atoms with Gasteiger partial charge in [0.05, 0.1) is 17.9 Å². The molecule has 0 bridgehead atoms. The van der Waals surface area contributed by atoms with Crippen LogP contribution in [0.2, 0.25) is 0 Å². The molecule has 5 heteroatoms. The topological polar surface area (TPSA) is 75.6 Å². The van der Waals surface area contributed by atoms with E-state index in [1.165, 1.54) is 13.0 Å². The fourth-order valence-corrected chi connectivity index (χ4v) is 2.16. The van der Waals surface area contributed by atoms with Gasteiger partial charge >= 0.3 is 0 Å². The van der Waals surface area contributed by atoms with Crippen LogP contribution in [0.3, 0.4) is 0 Å². The Morgan fingerprint density at radius 1 is 1.12 bits per heavy atom. The van der Waals surface area contributed by atoms with Crippen molar-refractivity contribution in [3.63, 3.8) is 0 Å². The van der Waals surface area contributed by atoms with Gasteiger partial charge in [-0.1, -0.05) is 19.4 Å². The first-order chi connectivity index (χ1) is 11.5. The molecule has 0 radical (unpaired) electrons. The zero-order chi connectivity index (χ0) is 17.5. The first-order valence-electron chi connectivity index (χ1n) is 7.90. The smallest absolute Gasteiger partial charge is 0.255 e. The molecule has 126 valence electrons. The number of benzene rings is 2. The van der Waals surface area contributed by atoms with E-state index in [1.807, 2.05) is 0 Å². The summed E-state index contributed by atoms with van der Waals surface area (Å²) in [5, 5.41) is 12.7. The second kappa shape index (κ2) is 8.15. The predicted octanol–water partition coefficient (Wildman–Crippen LogP) is 4.03. The number of aromatic hydroxyl groups is 1. The Morgan fingerprint density at radius 3 is 2.46 bits per heavy atom. The van der Waals surface area contributed by atoms with E-state index < -0.39 is 0 Å². The predicted molar refractivity (Wildman–Crippen MR) is 92.9 cm³/mol. The molecule has 2 aromatic carbocycles. The Balaban J connectivity index is 2.07. The summed E-state index contributed by atoms with van der Waals surface area (Å²) in [6.45, 7) is 4.10. The highest BCUT2D eigenvalue weighted by Crippen LogP contribution is 2.28. The largest absolute Gasteiger partial charge is 0.505 e. The van der Waals surface area contributed by atoms with Crippen molar-refractivity contribution in [2.24, 2.45) is 0 Å². The van der Waals surface area contributed by atoms with Gasteiger partial charge in [0.2, 0.25) is 0 Å². The molecule has 0 aromatic heterocycles.